The summed E-state index contributed by atoms with van der Waals surface area (Å²) >= 11 is 1.19. The van der Waals surface area contributed by atoms with Gasteiger partial charge < -0.3 is 15.3 Å². The number of rotatable bonds is 4. The van der Waals surface area contributed by atoms with Crippen molar-refractivity contribution < 1.29 is 19.5 Å². The molecule has 2 amide bonds. The molecule has 25 heavy (non-hydrogen) atoms. The van der Waals surface area contributed by atoms with Crippen molar-refractivity contribution in [2.24, 2.45) is 5.41 Å². The van der Waals surface area contributed by atoms with Crippen molar-refractivity contribution in [3.05, 3.63) is 29.8 Å². The second kappa shape index (κ2) is 7.07. The fourth-order valence-corrected chi connectivity index (χ4v) is 4.37. The van der Waals surface area contributed by atoms with Crippen LogP contribution in [0.3, 0.4) is 0 Å². The predicted molar refractivity (Wildman–Crippen MR) is 94.6 cm³/mol. The Kier molecular flexibility index (Phi) is 5.03. The van der Waals surface area contributed by atoms with E-state index in [0.29, 0.717) is 36.5 Å². The summed E-state index contributed by atoms with van der Waals surface area (Å²) in [6.45, 7) is 3.57. The van der Waals surface area contributed by atoms with Crippen LogP contribution in [0.4, 0.5) is 0 Å². The number of carbonyl (C=O) groups is 3. The van der Waals surface area contributed by atoms with E-state index in [-0.39, 0.29) is 17.2 Å². The highest BCUT2D eigenvalue weighted by Crippen LogP contribution is 2.38. The van der Waals surface area contributed by atoms with E-state index in [0.717, 1.165) is 12.8 Å². The Morgan fingerprint density at radius 3 is 2.56 bits per heavy atom. The summed E-state index contributed by atoms with van der Waals surface area (Å²) in [6.07, 6.45) is 2.19. The van der Waals surface area contributed by atoms with Gasteiger partial charge >= 0.3 is 5.97 Å². The summed E-state index contributed by atoms with van der Waals surface area (Å²) in [7, 11) is 0. The van der Waals surface area contributed by atoms with Gasteiger partial charge in [-0.25, -0.2) is 0 Å². The van der Waals surface area contributed by atoms with Crippen molar-refractivity contribution in [1.82, 2.24) is 10.2 Å². The van der Waals surface area contributed by atoms with E-state index < -0.39 is 11.2 Å². The number of piperidine rings is 1. The summed E-state index contributed by atoms with van der Waals surface area (Å²) < 4.78 is 0. The van der Waals surface area contributed by atoms with Crippen LogP contribution in [-0.4, -0.2) is 52.7 Å². The first kappa shape index (κ1) is 17.8. The quantitative estimate of drug-likeness (QED) is 0.800. The third kappa shape index (κ3) is 3.81. The minimum Gasteiger partial charge on any atom is -0.480 e. The number of carboxylic acids is 1. The molecule has 2 saturated heterocycles. The maximum atomic E-state index is 12.9. The Bertz CT molecular complexity index is 698. The molecular formula is C18H22N2O4S. The molecule has 7 heteroatoms. The minimum absolute atomic E-state index is 0.0000469. The van der Waals surface area contributed by atoms with Crippen LogP contribution in [0.25, 0.3) is 0 Å². The lowest BCUT2D eigenvalue weighted by atomic mass is 9.77. The van der Waals surface area contributed by atoms with Gasteiger partial charge in [0.25, 0.3) is 5.91 Å². The molecule has 1 spiro atoms. The summed E-state index contributed by atoms with van der Waals surface area (Å²) in [5.74, 6) is -0.859. The monoisotopic (exact) mass is 362 g/mol. The molecule has 2 N–H and O–H groups in total. The van der Waals surface area contributed by atoms with Crippen LogP contribution in [0.1, 0.15) is 36.5 Å². The molecule has 0 aromatic heterocycles. The van der Waals surface area contributed by atoms with E-state index >= 15 is 0 Å². The van der Waals surface area contributed by atoms with Gasteiger partial charge in [-0.15, -0.1) is 11.8 Å². The maximum absolute atomic E-state index is 12.9. The zero-order valence-corrected chi connectivity index (χ0v) is 15.0. The van der Waals surface area contributed by atoms with Crippen LogP contribution >= 0.6 is 11.8 Å². The third-order valence-corrected chi connectivity index (χ3v) is 6.24. The minimum atomic E-state index is -0.898. The molecule has 2 heterocycles. The Morgan fingerprint density at radius 2 is 1.96 bits per heavy atom. The summed E-state index contributed by atoms with van der Waals surface area (Å²) in [4.78, 5) is 38.1. The van der Waals surface area contributed by atoms with Crippen molar-refractivity contribution in [1.29, 1.82) is 0 Å². The first-order chi connectivity index (χ1) is 11.9. The topological polar surface area (TPSA) is 86.7 Å². The highest BCUT2D eigenvalue weighted by atomic mass is 32.2. The Hall–Kier alpha value is -2.02. The Balaban J connectivity index is 1.70. The fourth-order valence-electron chi connectivity index (χ4n) is 3.45. The van der Waals surface area contributed by atoms with Gasteiger partial charge in [0.2, 0.25) is 5.91 Å². The van der Waals surface area contributed by atoms with Gasteiger partial charge in [-0.1, -0.05) is 12.1 Å². The molecule has 1 unspecified atom stereocenters. The number of carbonyl (C=O) groups excluding carboxylic acids is 2. The van der Waals surface area contributed by atoms with Gasteiger partial charge in [0.15, 0.2) is 0 Å². The molecule has 134 valence electrons. The van der Waals surface area contributed by atoms with Crippen LogP contribution in [0.5, 0.6) is 0 Å². The zero-order valence-electron chi connectivity index (χ0n) is 14.2. The van der Waals surface area contributed by atoms with Gasteiger partial charge in [-0.3, -0.25) is 14.4 Å². The average molecular weight is 362 g/mol. The van der Waals surface area contributed by atoms with E-state index in [9.17, 15) is 14.4 Å². The molecule has 0 saturated carbocycles. The van der Waals surface area contributed by atoms with E-state index in [1.54, 1.807) is 25.1 Å². The smallest absolute Gasteiger partial charge is 0.316 e. The highest BCUT2D eigenvalue weighted by Gasteiger charge is 2.41. The number of hydrogen-bond donors (Lipinski definition) is 2. The second-order valence-electron chi connectivity index (χ2n) is 6.84. The van der Waals surface area contributed by atoms with Crippen LogP contribution in [-0.2, 0) is 9.59 Å². The number of carboxylic acid groups (broad SMARTS) is 1. The van der Waals surface area contributed by atoms with E-state index in [1.165, 1.54) is 11.8 Å². The number of nitrogens with one attached hydrogen (secondary N) is 1. The lowest BCUT2D eigenvalue weighted by Gasteiger charge is -2.38. The zero-order chi connectivity index (χ0) is 18.0. The molecule has 0 radical (unpaired) electrons. The number of nitrogens with zero attached hydrogens (tertiary/aromatic N) is 1. The summed E-state index contributed by atoms with van der Waals surface area (Å²) in [6, 6.07) is 7.16. The molecule has 1 atom stereocenters. The average Bonchev–Trinajstić information content (AvgIpc) is 2.95. The van der Waals surface area contributed by atoms with Crippen LogP contribution in [0.15, 0.2) is 29.2 Å². The number of amides is 2. The molecule has 1 aromatic rings. The van der Waals surface area contributed by atoms with E-state index in [1.807, 2.05) is 11.0 Å². The third-order valence-electron chi connectivity index (χ3n) is 5.08. The Morgan fingerprint density at radius 1 is 1.28 bits per heavy atom. The van der Waals surface area contributed by atoms with Crippen molar-refractivity contribution >= 4 is 29.5 Å². The van der Waals surface area contributed by atoms with Crippen LogP contribution in [0, 0.1) is 5.41 Å². The second-order valence-corrected chi connectivity index (χ2v) is 8.22. The van der Waals surface area contributed by atoms with E-state index in [4.69, 9.17) is 5.11 Å². The molecule has 2 aliphatic heterocycles. The van der Waals surface area contributed by atoms with Crippen molar-refractivity contribution in [2.75, 3.05) is 19.6 Å². The van der Waals surface area contributed by atoms with Crippen molar-refractivity contribution in [3.63, 3.8) is 0 Å². The van der Waals surface area contributed by atoms with Crippen LogP contribution in [0.2, 0.25) is 0 Å². The lowest BCUT2D eigenvalue weighted by molar-refractivity contribution is -0.136. The highest BCUT2D eigenvalue weighted by molar-refractivity contribution is 8.00. The van der Waals surface area contributed by atoms with Crippen molar-refractivity contribution in [2.45, 2.75) is 36.3 Å². The fraction of sp³-hybridized carbons (Fsp3) is 0.500. The van der Waals surface area contributed by atoms with E-state index in [2.05, 4.69) is 5.32 Å². The standard InChI is InChI=1S/C18H22N2O4S/c1-12(17(23)24)25-14-5-3-2-4-13(14)16(22)20-8-6-18(7-9-20)10-15(21)19-11-18/h2-5,12H,6-11H2,1H3,(H,19,21)(H,23,24). The number of thioether (sulfide) groups is 1. The molecule has 2 aliphatic rings. The first-order valence-corrected chi connectivity index (χ1v) is 9.33. The van der Waals surface area contributed by atoms with Crippen molar-refractivity contribution in [3.8, 4) is 0 Å². The Labute approximate surface area is 151 Å². The van der Waals surface area contributed by atoms with Gasteiger partial charge in [0.05, 0.1) is 5.56 Å². The van der Waals surface area contributed by atoms with Gasteiger partial charge in [0.1, 0.15) is 5.25 Å². The summed E-state index contributed by atoms with van der Waals surface area (Å²) in [5, 5.41) is 11.4. The lowest BCUT2D eigenvalue weighted by Crippen LogP contribution is -2.44. The normalized spacial score (nSPS) is 20.4. The SMILES string of the molecule is CC(Sc1ccccc1C(=O)N1CCC2(CC1)CNC(=O)C2)C(=O)O. The number of aliphatic carboxylic acids is 1. The van der Waals surface area contributed by atoms with Crippen LogP contribution < -0.4 is 5.32 Å². The number of hydrogen-bond acceptors (Lipinski definition) is 4. The van der Waals surface area contributed by atoms with Gasteiger partial charge in [-0.2, -0.15) is 0 Å². The largest absolute Gasteiger partial charge is 0.480 e. The summed E-state index contributed by atoms with van der Waals surface area (Å²) in [5.41, 5.74) is 0.553. The number of benzene rings is 1. The molecule has 0 bridgehead atoms. The molecule has 3 rings (SSSR count). The molecule has 2 fully saturated rings. The molecule has 6 nitrogen and oxygen atoms in total. The first-order valence-electron chi connectivity index (χ1n) is 8.45. The molecular weight excluding hydrogens is 340 g/mol. The predicted octanol–water partition coefficient (Wildman–Crippen LogP) is 1.99. The van der Waals surface area contributed by atoms with Gasteiger partial charge in [-0.05, 0) is 37.3 Å². The number of likely N-dealkylation sites (tertiary alicyclic amines) is 1. The molecule has 0 aliphatic carbocycles. The van der Waals surface area contributed by atoms with Gasteiger partial charge in [0, 0.05) is 31.0 Å². The molecule has 1 aromatic carbocycles. The maximum Gasteiger partial charge on any atom is 0.316 e.